The minimum absolute atomic E-state index is 0.0272. The van der Waals surface area contributed by atoms with E-state index in [-0.39, 0.29) is 11.5 Å². The molecule has 1 aromatic rings. The Morgan fingerprint density at radius 2 is 2.17 bits per heavy atom. The van der Waals surface area contributed by atoms with Crippen molar-refractivity contribution in [2.75, 3.05) is 39.3 Å². The summed E-state index contributed by atoms with van der Waals surface area (Å²) < 4.78 is 11.3. The Morgan fingerprint density at radius 3 is 2.92 bits per heavy atom. The smallest absolute Gasteiger partial charge is 0.259 e. The van der Waals surface area contributed by atoms with Crippen LogP contribution in [0.2, 0.25) is 0 Å². The average molecular weight is 333 g/mol. The quantitative estimate of drug-likeness (QED) is 0.848. The summed E-state index contributed by atoms with van der Waals surface area (Å²) in [7, 11) is 0. The molecule has 3 aliphatic rings. The van der Waals surface area contributed by atoms with Gasteiger partial charge in [0.2, 0.25) is 0 Å². The fraction of sp³-hybridized carbons (Fsp3) is 0.778. The van der Waals surface area contributed by atoms with Gasteiger partial charge in [-0.05, 0) is 58.0 Å². The number of carbonyl (C=O) groups excluding carboxylic acids is 1. The highest BCUT2D eigenvalue weighted by Gasteiger charge is 2.45. The van der Waals surface area contributed by atoms with E-state index in [9.17, 15) is 4.79 Å². The lowest BCUT2D eigenvalue weighted by atomic mass is 9.86. The topological polar surface area (TPSA) is 58.8 Å². The number of aromatic nitrogens is 1. The van der Waals surface area contributed by atoms with Crippen LogP contribution in [0.25, 0.3) is 0 Å². The molecule has 6 heteroatoms. The van der Waals surface area contributed by atoms with E-state index in [0.717, 1.165) is 39.0 Å². The number of hydrogen-bond acceptors (Lipinski definition) is 5. The summed E-state index contributed by atoms with van der Waals surface area (Å²) in [6, 6.07) is 0. The summed E-state index contributed by atoms with van der Waals surface area (Å²) >= 11 is 0. The Bertz CT molecular complexity index is 596. The molecule has 0 aliphatic carbocycles. The Kier molecular flexibility index (Phi) is 4.35. The molecule has 0 radical (unpaired) electrons. The maximum Gasteiger partial charge on any atom is 0.259 e. The van der Waals surface area contributed by atoms with Crippen LogP contribution in [0.4, 0.5) is 0 Å². The van der Waals surface area contributed by atoms with Gasteiger partial charge in [0.25, 0.3) is 5.91 Å². The number of amides is 1. The van der Waals surface area contributed by atoms with Crippen LogP contribution in [-0.4, -0.2) is 65.8 Å². The minimum Gasteiger partial charge on any atom is -0.373 e. The second-order valence-corrected chi connectivity index (χ2v) is 7.70. The van der Waals surface area contributed by atoms with Crippen molar-refractivity contribution in [3.05, 3.63) is 17.5 Å². The highest BCUT2D eigenvalue weighted by Crippen LogP contribution is 2.38. The molecule has 3 saturated heterocycles. The lowest BCUT2D eigenvalue weighted by Crippen LogP contribution is -2.50. The Morgan fingerprint density at radius 1 is 1.33 bits per heavy atom. The molecule has 6 nitrogen and oxygen atoms in total. The molecule has 4 heterocycles. The van der Waals surface area contributed by atoms with E-state index in [1.807, 2.05) is 4.90 Å². The Hall–Kier alpha value is -1.40. The fourth-order valence-electron chi connectivity index (χ4n) is 4.62. The van der Waals surface area contributed by atoms with Gasteiger partial charge in [-0.3, -0.25) is 4.79 Å². The number of nitrogens with zero attached hydrogens (tertiary/aromatic N) is 3. The van der Waals surface area contributed by atoms with Crippen molar-refractivity contribution in [3.8, 4) is 0 Å². The van der Waals surface area contributed by atoms with E-state index in [2.05, 4.69) is 10.1 Å². The first kappa shape index (κ1) is 16.1. The lowest BCUT2D eigenvalue weighted by Gasteiger charge is -2.39. The third kappa shape index (κ3) is 3.09. The molecule has 4 rings (SSSR count). The highest BCUT2D eigenvalue weighted by atomic mass is 16.5. The van der Waals surface area contributed by atoms with Crippen molar-refractivity contribution < 1.29 is 14.1 Å². The third-order valence-corrected chi connectivity index (χ3v) is 5.81. The maximum atomic E-state index is 12.7. The number of hydrogen-bond donors (Lipinski definition) is 0. The first-order valence-electron chi connectivity index (χ1n) is 9.22. The molecule has 2 atom stereocenters. The van der Waals surface area contributed by atoms with Crippen LogP contribution in [0.3, 0.4) is 0 Å². The highest BCUT2D eigenvalue weighted by molar-refractivity contribution is 5.94. The molecule has 1 spiro atoms. The van der Waals surface area contributed by atoms with Crippen molar-refractivity contribution in [2.45, 2.75) is 44.6 Å². The van der Waals surface area contributed by atoms with Gasteiger partial charge in [-0.1, -0.05) is 5.16 Å². The summed E-state index contributed by atoms with van der Waals surface area (Å²) in [6.07, 6.45) is 7.35. The zero-order valence-corrected chi connectivity index (χ0v) is 14.5. The molecule has 0 aromatic carbocycles. The van der Waals surface area contributed by atoms with Crippen molar-refractivity contribution in [1.29, 1.82) is 0 Å². The van der Waals surface area contributed by atoms with Gasteiger partial charge < -0.3 is 19.1 Å². The largest absolute Gasteiger partial charge is 0.373 e. The number of rotatable bonds is 3. The molecular formula is C18H27N3O3. The molecule has 132 valence electrons. The van der Waals surface area contributed by atoms with Gasteiger partial charge in [-0.2, -0.15) is 0 Å². The number of piperidine rings is 1. The normalized spacial score (nSPS) is 31.2. The predicted octanol–water partition coefficient (Wildman–Crippen LogP) is 2.09. The van der Waals surface area contributed by atoms with Gasteiger partial charge in [0.05, 0.1) is 18.4 Å². The molecule has 1 amide bonds. The first-order chi connectivity index (χ1) is 11.7. The van der Waals surface area contributed by atoms with Crippen molar-refractivity contribution >= 4 is 5.91 Å². The van der Waals surface area contributed by atoms with Crippen molar-refractivity contribution in [1.82, 2.24) is 15.0 Å². The van der Waals surface area contributed by atoms with Crippen LogP contribution in [0.5, 0.6) is 0 Å². The monoisotopic (exact) mass is 333 g/mol. The summed E-state index contributed by atoms with van der Waals surface area (Å²) in [5.74, 6) is 1.23. The van der Waals surface area contributed by atoms with Gasteiger partial charge in [-0.15, -0.1) is 0 Å². The summed E-state index contributed by atoms with van der Waals surface area (Å²) in [5, 5.41) is 3.74. The molecule has 0 saturated carbocycles. The van der Waals surface area contributed by atoms with E-state index in [1.54, 1.807) is 6.92 Å². The summed E-state index contributed by atoms with van der Waals surface area (Å²) in [4.78, 5) is 17.2. The molecule has 24 heavy (non-hydrogen) atoms. The lowest BCUT2D eigenvalue weighted by molar-refractivity contribution is -0.0450. The molecular weight excluding hydrogens is 306 g/mol. The number of carbonyl (C=O) groups is 1. The second kappa shape index (κ2) is 6.48. The summed E-state index contributed by atoms with van der Waals surface area (Å²) in [6.45, 7) is 7.75. The van der Waals surface area contributed by atoms with E-state index in [4.69, 9.17) is 9.26 Å². The Labute approximate surface area is 143 Å². The SMILES string of the molecule is Cc1oncc1C(=O)N1CCCC2(CC(CN3CCCC3)CO2)C1. The van der Waals surface area contributed by atoms with Crippen LogP contribution in [0.1, 0.15) is 48.2 Å². The standard InChI is InChI=1S/C18H27N3O3/c1-14-16(10-19-24-14)17(22)21-8-4-5-18(13-21)9-15(12-23-18)11-20-6-2-3-7-20/h10,15H,2-9,11-13H2,1H3. The van der Waals surface area contributed by atoms with Crippen LogP contribution < -0.4 is 0 Å². The zero-order valence-electron chi connectivity index (χ0n) is 14.5. The zero-order chi connectivity index (χ0) is 16.6. The van der Waals surface area contributed by atoms with Crippen molar-refractivity contribution in [3.63, 3.8) is 0 Å². The van der Waals surface area contributed by atoms with Crippen LogP contribution in [0, 0.1) is 12.8 Å². The minimum atomic E-state index is -0.136. The second-order valence-electron chi connectivity index (χ2n) is 7.70. The maximum absolute atomic E-state index is 12.7. The van der Waals surface area contributed by atoms with E-state index >= 15 is 0 Å². The Balaban J connectivity index is 1.39. The van der Waals surface area contributed by atoms with E-state index in [1.165, 1.54) is 32.1 Å². The fourth-order valence-corrected chi connectivity index (χ4v) is 4.62. The average Bonchev–Trinajstić information content (AvgIpc) is 3.30. The molecule has 3 aliphatic heterocycles. The molecule has 3 fully saturated rings. The first-order valence-corrected chi connectivity index (χ1v) is 9.22. The number of aryl methyl sites for hydroxylation is 1. The number of ether oxygens (including phenoxy) is 1. The van der Waals surface area contributed by atoms with Crippen LogP contribution >= 0.6 is 0 Å². The predicted molar refractivity (Wildman–Crippen MR) is 88.8 cm³/mol. The van der Waals surface area contributed by atoms with Gasteiger partial charge in [0, 0.05) is 19.6 Å². The summed E-state index contributed by atoms with van der Waals surface area (Å²) in [5.41, 5.74) is 0.447. The molecule has 2 unspecified atom stereocenters. The van der Waals surface area contributed by atoms with Crippen molar-refractivity contribution in [2.24, 2.45) is 5.92 Å². The van der Waals surface area contributed by atoms with Gasteiger partial charge in [0.1, 0.15) is 11.3 Å². The molecule has 0 bridgehead atoms. The third-order valence-electron chi connectivity index (χ3n) is 5.81. The molecule has 1 aromatic heterocycles. The number of likely N-dealkylation sites (tertiary alicyclic amines) is 2. The van der Waals surface area contributed by atoms with Gasteiger partial charge >= 0.3 is 0 Å². The van der Waals surface area contributed by atoms with Crippen LogP contribution in [-0.2, 0) is 4.74 Å². The molecule has 0 N–H and O–H groups in total. The van der Waals surface area contributed by atoms with Gasteiger partial charge in [-0.25, -0.2) is 0 Å². The van der Waals surface area contributed by atoms with E-state index in [0.29, 0.717) is 23.8 Å². The van der Waals surface area contributed by atoms with Crippen LogP contribution in [0.15, 0.2) is 10.7 Å². The van der Waals surface area contributed by atoms with Gasteiger partial charge in [0.15, 0.2) is 0 Å². The van der Waals surface area contributed by atoms with E-state index < -0.39 is 0 Å².